The molecule has 76 valence electrons. The molecule has 0 atom stereocenters. The molecular weight excluding hydrogens is 196 g/mol. The van der Waals surface area contributed by atoms with Crippen LogP contribution in [0.15, 0.2) is 0 Å². The van der Waals surface area contributed by atoms with Gasteiger partial charge in [-0.3, -0.25) is 9.59 Å². The van der Waals surface area contributed by atoms with Crippen LogP contribution in [0.25, 0.3) is 0 Å². The number of aliphatic carboxylic acids is 1. The molecule has 0 radical (unpaired) electrons. The largest absolute Gasteiger partial charge is 0.481 e. The first-order valence-electron chi connectivity index (χ1n) is 3.90. The van der Waals surface area contributed by atoms with Gasteiger partial charge in [0.2, 0.25) is 5.91 Å². The van der Waals surface area contributed by atoms with Gasteiger partial charge in [0.1, 0.15) is 6.42 Å². The molecule has 0 unspecified atom stereocenters. The van der Waals surface area contributed by atoms with E-state index in [1.165, 1.54) is 0 Å². The molecule has 0 saturated carbocycles. The number of piperazine rings is 1. The highest BCUT2D eigenvalue weighted by Crippen LogP contribution is 1.96. The van der Waals surface area contributed by atoms with Gasteiger partial charge in [-0.2, -0.15) is 0 Å². The fourth-order valence-electron chi connectivity index (χ4n) is 1.16. The van der Waals surface area contributed by atoms with E-state index in [2.05, 4.69) is 5.32 Å². The van der Waals surface area contributed by atoms with Crippen LogP contribution in [-0.2, 0) is 9.59 Å². The number of carboxylic acids is 1. The lowest BCUT2D eigenvalue weighted by Gasteiger charge is -2.26. The van der Waals surface area contributed by atoms with Gasteiger partial charge in [0.15, 0.2) is 0 Å². The van der Waals surface area contributed by atoms with Crippen molar-refractivity contribution in [1.29, 1.82) is 0 Å². The number of hydrogen-bond acceptors (Lipinski definition) is 3. The molecule has 0 aliphatic carbocycles. The normalized spacial score (nSPS) is 16.2. The molecule has 2 N–H and O–H groups in total. The van der Waals surface area contributed by atoms with Crippen LogP contribution in [0.3, 0.4) is 0 Å². The van der Waals surface area contributed by atoms with Crippen LogP contribution in [0, 0.1) is 0 Å². The first kappa shape index (κ1) is 12.2. The van der Waals surface area contributed by atoms with E-state index >= 15 is 0 Å². The minimum absolute atomic E-state index is 0. The maximum absolute atomic E-state index is 11.1. The summed E-state index contributed by atoms with van der Waals surface area (Å²) in [5.74, 6) is -1.34. The molecule has 0 aromatic carbocycles. The van der Waals surface area contributed by atoms with Crippen LogP contribution in [0.2, 0.25) is 0 Å². The van der Waals surface area contributed by atoms with Crippen molar-refractivity contribution in [1.82, 2.24) is 10.2 Å². The third-order valence-corrected chi connectivity index (χ3v) is 1.77. The number of hydrogen-bond donors (Lipinski definition) is 2. The third-order valence-electron chi connectivity index (χ3n) is 1.77. The molecule has 6 heteroatoms. The lowest BCUT2D eigenvalue weighted by Crippen LogP contribution is -2.46. The van der Waals surface area contributed by atoms with Crippen LogP contribution in [0.5, 0.6) is 0 Å². The summed E-state index contributed by atoms with van der Waals surface area (Å²) in [7, 11) is 0. The van der Waals surface area contributed by atoms with Gasteiger partial charge in [0.05, 0.1) is 0 Å². The molecule has 1 rings (SSSR count). The summed E-state index contributed by atoms with van der Waals surface area (Å²) in [6.45, 7) is 2.74. The highest BCUT2D eigenvalue weighted by atomic mass is 35.5. The van der Waals surface area contributed by atoms with Gasteiger partial charge in [0.25, 0.3) is 0 Å². The summed E-state index contributed by atoms with van der Waals surface area (Å²) >= 11 is 0. The molecule has 0 aromatic heterocycles. The van der Waals surface area contributed by atoms with Gasteiger partial charge in [0, 0.05) is 26.2 Å². The van der Waals surface area contributed by atoms with Gasteiger partial charge in [-0.05, 0) is 0 Å². The summed E-state index contributed by atoms with van der Waals surface area (Å²) in [5.41, 5.74) is 0. The molecule has 1 aliphatic heterocycles. The molecule has 5 nitrogen and oxygen atoms in total. The van der Waals surface area contributed by atoms with Crippen molar-refractivity contribution in [3.8, 4) is 0 Å². The SMILES string of the molecule is Cl.O=C(O)CC(=O)N1CCNCC1. The first-order valence-corrected chi connectivity index (χ1v) is 3.90. The maximum Gasteiger partial charge on any atom is 0.312 e. The van der Waals surface area contributed by atoms with Crippen molar-refractivity contribution in [3.63, 3.8) is 0 Å². The van der Waals surface area contributed by atoms with Crippen LogP contribution in [0.1, 0.15) is 6.42 Å². The van der Waals surface area contributed by atoms with E-state index in [-0.39, 0.29) is 24.7 Å². The maximum atomic E-state index is 11.1. The van der Waals surface area contributed by atoms with Crippen molar-refractivity contribution < 1.29 is 14.7 Å². The molecule has 1 saturated heterocycles. The van der Waals surface area contributed by atoms with E-state index in [1.54, 1.807) is 4.90 Å². The van der Waals surface area contributed by atoms with Gasteiger partial charge < -0.3 is 15.3 Å². The number of carboxylic acid groups (broad SMARTS) is 1. The smallest absolute Gasteiger partial charge is 0.312 e. The van der Waals surface area contributed by atoms with E-state index in [9.17, 15) is 9.59 Å². The van der Waals surface area contributed by atoms with Crippen molar-refractivity contribution in [2.24, 2.45) is 0 Å². The van der Waals surface area contributed by atoms with E-state index in [0.717, 1.165) is 13.1 Å². The van der Waals surface area contributed by atoms with Crippen LogP contribution < -0.4 is 5.32 Å². The Morgan fingerprint density at radius 2 is 1.85 bits per heavy atom. The van der Waals surface area contributed by atoms with E-state index in [1.807, 2.05) is 0 Å². The van der Waals surface area contributed by atoms with Crippen LogP contribution in [0.4, 0.5) is 0 Å². The number of nitrogens with zero attached hydrogens (tertiary/aromatic N) is 1. The molecule has 1 amide bonds. The van der Waals surface area contributed by atoms with Crippen LogP contribution in [-0.4, -0.2) is 48.1 Å². The Morgan fingerprint density at radius 3 is 2.31 bits per heavy atom. The fourth-order valence-corrected chi connectivity index (χ4v) is 1.16. The predicted molar refractivity (Wildman–Crippen MR) is 49.0 cm³/mol. The minimum Gasteiger partial charge on any atom is -0.481 e. The Morgan fingerprint density at radius 1 is 1.31 bits per heavy atom. The Balaban J connectivity index is 0.00000144. The molecule has 13 heavy (non-hydrogen) atoms. The highest BCUT2D eigenvalue weighted by Gasteiger charge is 2.17. The second-order valence-corrected chi connectivity index (χ2v) is 2.70. The quantitative estimate of drug-likeness (QED) is 0.590. The molecule has 0 spiro atoms. The third kappa shape index (κ3) is 4.10. The van der Waals surface area contributed by atoms with E-state index < -0.39 is 5.97 Å². The molecular formula is C7H13ClN2O3. The number of rotatable bonds is 2. The summed E-state index contributed by atoms with van der Waals surface area (Å²) < 4.78 is 0. The molecule has 0 aromatic rings. The topological polar surface area (TPSA) is 69.6 Å². The highest BCUT2D eigenvalue weighted by molar-refractivity contribution is 5.93. The van der Waals surface area contributed by atoms with Gasteiger partial charge in [-0.1, -0.05) is 0 Å². The standard InChI is InChI=1S/C7H12N2O3.ClH/c10-6(5-7(11)12)9-3-1-8-2-4-9;/h8H,1-5H2,(H,11,12);1H. The molecule has 1 fully saturated rings. The van der Waals surface area contributed by atoms with Crippen LogP contribution >= 0.6 is 12.4 Å². The number of nitrogens with one attached hydrogen (secondary N) is 1. The fraction of sp³-hybridized carbons (Fsp3) is 0.714. The molecule has 1 aliphatic rings. The second kappa shape index (κ2) is 5.77. The summed E-state index contributed by atoms with van der Waals surface area (Å²) in [6.07, 6.45) is -0.389. The first-order chi connectivity index (χ1) is 5.70. The molecule has 1 heterocycles. The zero-order valence-corrected chi connectivity index (χ0v) is 7.97. The zero-order chi connectivity index (χ0) is 8.97. The van der Waals surface area contributed by atoms with E-state index in [0.29, 0.717) is 13.1 Å². The Hall–Kier alpha value is -0.810. The average molecular weight is 209 g/mol. The van der Waals surface area contributed by atoms with Crippen molar-refractivity contribution in [3.05, 3.63) is 0 Å². The number of halogens is 1. The lowest BCUT2D eigenvalue weighted by molar-refractivity contribution is -0.144. The summed E-state index contributed by atoms with van der Waals surface area (Å²) in [4.78, 5) is 22.9. The number of carbonyl (C=O) groups is 2. The number of amides is 1. The average Bonchev–Trinajstić information content (AvgIpc) is 2.05. The van der Waals surface area contributed by atoms with Crippen molar-refractivity contribution >= 4 is 24.3 Å². The predicted octanol–water partition coefficient (Wildman–Crippen LogP) is -0.685. The van der Waals surface area contributed by atoms with Gasteiger partial charge in [-0.25, -0.2) is 0 Å². The van der Waals surface area contributed by atoms with Crippen molar-refractivity contribution in [2.75, 3.05) is 26.2 Å². The minimum atomic E-state index is -1.06. The monoisotopic (exact) mass is 208 g/mol. The number of carbonyl (C=O) groups excluding carboxylic acids is 1. The van der Waals surface area contributed by atoms with Gasteiger partial charge >= 0.3 is 5.97 Å². The summed E-state index contributed by atoms with van der Waals surface area (Å²) in [6, 6.07) is 0. The Kier molecular flexibility index (Phi) is 5.41. The van der Waals surface area contributed by atoms with Gasteiger partial charge in [-0.15, -0.1) is 12.4 Å². The Bertz CT molecular complexity index is 192. The summed E-state index contributed by atoms with van der Waals surface area (Å²) in [5, 5.41) is 11.4. The lowest BCUT2D eigenvalue weighted by atomic mass is 10.3. The molecule has 0 bridgehead atoms. The zero-order valence-electron chi connectivity index (χ0n) is 7.15. The second-order valence-electron chi connectivity index (χ2n) is 2.70. The van der Waals surface area contributed by atoms with Crippen molar-refractivity contribution in [2.45, 2.75) is 6.42 Å². The van der Waals surface area contributed by atoms with E-state index in [4.69, 9.17) is 5.11 Å². The Labute approximate surface area is 82.5 Å².